The minimum absolute atomic E-state index is 0.250. The molecule has 0 radical (unpaired) electrons. The molecule has 0 unspecified atom stereocenters. The molecule has 0 saturated heterocycles. The molecule has 1 aromatic carbocycles. The summed E-state index contributed by atoms with van der Waals surface area (Å²) < 4.78 is 5.44. The molecule has 0 atom stereocenters. The van der Waals surface area contributed by atoms with Crippen molar-refractivity contribution in [1.82, 2.24) is 0 Å². The van der Waals surface area contributed by atoms with Crippen LogP contribution in [0.2, 0.25) is 10.0 Å². The molecule has 3 nitrogen and oxygen atoms in total. The fourth-order valence-electron chi connectivity index (χ4n) is 0.939. The van der Waals surface area contributed by atoms with Crippen LogP contribution in [0.1, 0.15) is 19.8 Å². The Morgan fingerprint density at radius 3 is 2.31 bits per heavy atom. The molecule has 0 saturated carbocycles. The standard InChI is InChI=1S/C10H12Cl2O.CH2O2/c1-2-3-7-13-10-8(11)5-4-6-9(10)12;2-1-3/h4-6H,2-3,7H2,1H3;1H,(H,2,3). The summed E-state index contributed by atoms with van der Waals surface area (Å²) in [5, 5.41) is 8.03. The molecule has 90 valence electrons. The molecule has 0 aliphatic rings. The normalized spacial score (nSPS) is 8.94. The van der Waals surface area contributed by atoms with Crippen LogP contribution in [0.25, 0.3) is 0 Å². The van der Waals surface area contributed by atoms with Gasteiger partial charge in [0.1, 0.15) is 0 Å². The fraction of sp³-hybridized carbons (Fsp3) is 0.364. The second-order valence-corrected chi connectivity index (χ2v) is 3.67. The molecule has 5 heteroatoms. The van der Waals surface area contributed by atoms with Gasteiger partial charge >= 0.3 is 0 Å². The van der Waals surface area contributed by atoms with Gasteiger partial charge in [-0.15, -0.1) is 0 Å². The van der Waals surface area contributed by atoms with E-state index in [2.05, 4.69) is 6.92 Å². The number of para-hydroxylation sites is 1. The van der Waals surface area contributed by atoms with Crippen LogP contribution in [0.15, 0.2) is 18.2 Å². The Labute approximate surface area is 105 Å². The number of halogens is 2. The third-order valence-corrected chi connectivity index (χ3v) is 2.26. The van der Waals surface area contributed by atoms with Gasteiger partial charge in [-0.3, -0.25) is 4.79 Å². The van der Waals surface area contributed by atoms with Gasteiger partial charge in [-0.25, -0.2) is 0 Å². The van der Waals surface area contributed by atoms with Gasteiger partial charge in [0.15, 0.2) is 5.75 Å². The average Bonchev–Trinajstić information content (AvgIpc) is 2.24. The van der Waals surface area contributed by atoms with E-state index in [4.69, 9.17) is 37.8 Å². The Kier molecular flexibility index (Phi) is 8.77. The quantitative estimate of drug-likeness (QED) is 0.663. The van der Waals surface area contributed by atoms with Gasteiger partial charge in [-0.2, -0.15) is 0 Å². The largest absolute Gasteiger partial charge is 0.490 e. The topological polar surface area (TPSA) is 46.5 Å². The van der Waals surface area contributed by atoms with Gasteiger partial charge in [0.05, 0.1) is 16.7 Å². The van der Waals surface area contributed by atoms with Crippen molar-refractivity contribution in [3.63, 3.8) is 0 Å². The van der Waals surface area contributed by atoms with Gasteiger partial charge in [0.25, 0.3) is 6.47 Å². The number of carboxylic acid groups (broad SMARTS) is 1. The van der Waals surface area contributed by atoms with Crippen molar-refractivity contribution in [2.45, 2.75) is 19.8 Å². The molecule has 0 heterocycles. The van der Waals surface area contributed by atoms with Gasteiger partial charge in [-0.05, 0) is 18.6 Å². The highest BCUT2D eigenvalue weighted by Crippen LogP contribution is 2.32. The zero-order valence-electron chi connectivity index (χ0n) is 8.95. The van der Waals surface area contributed by atoms with E-state index >= 15 is 0 Å². The first-order valence-corrected chi connectivity index (χ1v) is 5.57. The Bertz CT molecular complexity index is 296. The van der Waals surface area contributed by atoms with Gasteiger partial charge < -0.3 is 9.84 Å². The number of benzene rings is 1. The molecule has 0 bridgehead atoms. The summed E-state index contributed by atoms with van der Waals surface area (Å²) in [4.78, 5) is 8.36. The van der Waals surface area contributed by atoms with E-state index in [0.29, 0.717) is 22.4 Å². The first kappa shape index (κ1) is 15.1. The number of unbranched alkanes of at least 4 members (excludes halogenated alkanes) is 1. The van der Waals surface area contributed by atoms with Crippen LogP contribution >= 0.6 is 23.2 Å². The molecule has 0 aliphatic heterocycles. The molecule has 1 aromatic rings. The zero-order valence-corrected chi connectivity index (χ0v) is 10.5. The third-order valence-electron chi connectivity index (χ3n) is 1.66. The highest BCUT2D eigenvalue weighted by Gasteiger charge is 2.05. The van der Waals surface area contributed by atoms with Crippen LogP contribution < -0.4 is 4.74 Å². The summed E-state index contributed by atoms with van der Waals surface area (Å²) in [6, 6.07) is 5.35. The van der Waals surface area contributed by atoms with Crippen LogP contribution in [0, 0.1) is 0 Å². The van der Waals surface area contributed by atoms with Gasteiger partial charge in [0.2, 0.25) is 0 Å². The van der Waals surface area contributed by atoms with E-state index in [0.717, 1.165) is 12.8 Å². The lowest BCUT2D eigenvalue weighted by molar-refractivity contribution is -0.122. The molecule has 0 spiro atoms. The number of hydrogen-bond acceptors (Lipinski definition) is 2. The Balaban J connectivity index is 0.000000673. The number of rotatable bonds is 4. The molecule has 0 aliphatic carbocycles. The third kappa shape index (κ3) is 5.83. The molecule has 0 aromatic heterocycles. The predicted molar refractivity (Wildman–Crippen MR) is 65.6 cm³/mol. The van der Waals surface area contributed by atoms with Crippen molar-refractivity contribution < 1.29 is 14.6 Å². The first-order chi connectivity index (χ1) is 7.67. The summed E-state index contributed by atoms with van der Waals surface area (Å²) in [7, 11) is 0. The van der Waals surface area contributed by atoms with Crippen LogP contribution in [-0.2, 0) is 4.79 Å². The maximum absolute atomic E-state index is 8.36. The van der Waals surface area contributed by atoms with Crippen LogP contribution in [-0.4, -0.2) is 18.2 Å². The average molecular weight is 265 g/mol. The summed E-state index contributed by atoms with van der Waals surface area (Å²) >= 11 is 11.8. The van der Waals surface area contributed by atoms with Crippen molar-refractivity contribution in [3.8, 4) is 5.75 Å². The zero-order chi connectivity index (χ0) is 12.4. The highest BCUT2D eigenvalue weighted by molar-refractivity contribution is 6.37. The number of carbonyl (C=O) groups is 1. The summed E-state index contributed by atoms with van der Waals surface area (Å²) in [5.41, 5.74) is 0. The van der Waals surface area contributed by atoms with Crippen molar-refractivity contribution in [1.29, 1.82) is 0 Å². The van der Waals surface area contributed by atoms with Crippen LogP contribution in [0.4, 0.5) is 0 Å². The Morgan fingerprint density at radius 1 is 1.38 bits per heavy atom. The minimum atomic E-state index is -0.250. The molecule has 16 heavy (non-hydrogen) atoms. The summed E-state index contributed by atoms with van der Waals surface area (Å²) in [6.07, 6.45) is 2.11. The molecule has 1 rings (SSSR count). The van der Waals surface area contributed by atoms with Crippen molar-refractivity contribution in [2.75, 3.05) is 6.61 Å². The summed E-state index contributed by atoms with van der Waals surface area (Å²) in [6.45, 7) is 2.53. The van der Waals surface area contributed by atoms with Crippen LogP contribution in [0.3, 0.4) is 0 Å². The summed E-state index contributed by atoms with van der Waals surface area (Å²) in [5.74, 6) is 0.597. The highest BCUT2D eigenvalue weighted by atomic mass is 35.5. The van der Waals surface area contributed by atoms with E-state index in [1.54, 1.807) is 18.2 Å². The number of hydrogen-bond donors (Lipinski definition) is 1. The van der Waals surface area contributed by atoms with E-state index in [9.17, 15) is 0 Å². The van der Waals surface area contributed by atoms with E-state index in [-0.39, 0.29) is 6.47 Å². The fourth-order valence-corrected chi connectivity index (χ4v) is 1.45. The van der Waals surface area contributed by atoms with Crippen molar-refractivity contribution in [2.24, 2.45) is 0 Å². The predicted octanol–water partition coefficient (Wildman–Crippen LogP) is 3.87. The first-order valence-electron chi connectivity index (χ1n) is 4.82. The number of ether oxygens (including phenoxy) is 1. The van der Waals surface area contributed by atoms with E-state index in [1.807, 2.05) is 0 Å². The lowest BCUT2D eigenvalue weighted by atomic mass is 10.3. The Morgan fingerprint density at radius 2 is 1.88 bits per heavy atom. The molecule has 1 N–H and O–H groups in total. The van der Waals surface area contributed by atoms with Gasteiger partial charge in [0, 0.05) is 0 Å². The maximum Gasteiger partial charge on any atom is 0.290 e. The molecular weight excluding hydrogens is 251 g/mol. The van der Waals surface area contributed by atoms with Crippen LogP contribution in [0.5, 0.6) is 5.75 Å². The molecular formula is C11H14Cl2O3. The molecule has 0 amide bonds. The van der Waals surface area contributed by atoms with E-state index < -0.39 is 0 Å². The van der Waals surface area contributed by atoms with E-state index in [1.165, 1.54) is 0 Å². The van der Waals surface area contributed by atoms with Gasteiger partial charge in [-0.1, -0.05) is 42.6 Å². The lowest BCUT2D eigenvalue weighted by Crippen LogP contribution is -1.97. The molecule has 0 fully saturated rings. The smallest absolute Gasteiger partial charge is 0.290 e. The SMILES string of the molecule is CCCCOc1c(Cl)cccc1Cl.O=CO. The monoisotopic (exact) mass is 264 g/mol. The second kappa shape index (κ2) is 9.31. The Hall–Kier alpha value is -0.930. The minimum Gasteiger partial charge on any atom is -0.490 e. The second-order valence-electron chi connectivity index (χ2n) is 2.86. The maximum atomic E-state index is 8.36. The van der Waals surface area contributed by atoms with Crippen molar-refractivity contribution >= 4 is 29.7 Å². The lowest BCUT2D eigenvalue weighted by Gasteiger charge is -2.08. The van der Waals surface area contributed by atoms with Crippen molar-refractivity contribution in [3.05, 3.63) is 28.2 Å².